The molecular formula is C21H20F3NO4. The Morgan fingerprint density at radius 1 is 1.14 bits per heavy atom. The van der Waals surface area contributed by atoms with Crippen molar-refractivity contribution in [3.63, 3.8) is 0 Å². The second-order valence-corrected chi connectivity index (χ2v) is 6.14. The molecular weight excluding hydrogens is 387 g/mol. The van der Waals surface area contributed by atoms with Crippen LogP contribution < -0.4 is 10.1 Å². The highest BCUT2D eigenvalue weighted by Crippen LogP contribution is 2.29. The number of carbonyl (C=O) groups excluding carboxylic acids is 2. The van der Waals surface area contributed by atoms with Crippen molar-refractivity contribution in [2.75, 3.05) is 7.11 Å². The van der Waals surface area contributed by atoms with Crippen LogP contribution in [0.4, 0.5) is 13.2 Å². The maximum Gasteiger partial charge on any atom is 0.416 e. The maximum absolute atomic E-state index is 12.7. The van der Waals surface area contributed by atoms with Crippen LogP contribution in [0.2, 0.25) is 0 Å². The number of ether oxygens (including phenoxy) is 2. The highest BCUT2D eigenvalue weighted by molar-refractivity contribution is 5.94. The molecule has 0 fully saturated rings. The van der Waals surface area contributed by atoms with Gasteiger partial charge in [-0.05, 0) is 48.4 Å². The van der Waals surface area contributed by atoms with Crippen LogP contribution in [0.15, 0.2) is 54.6 Å². The van der Waals surface area contributed by atoms with Gasteiger partial charge in [-0.3, -0.25) is 4.79 Å². The third-order valence-corrected chi connectivity index (χ3v) is 3.89. The van der Waals surface area contributed by atoms with Crippen molar-refractivity contribution in [1.82, 2.24) is 5.32 Å². The van der Waals surface area contributed by atoms with Crippen LogP contribution in [0.3, 0.4) is 0 Å². The molecule has 2 aromatic carbocycles. The molecule has 0 saturated heterocycles. The molecule has 0 radical (unpaired) electrons. The van der Waals surface area contributed by atoms with Gasteiger partial charge < -0.3 is 14.8 Å². The largest absolute Gasteiger partial charge is 0.497 e. The molecule has 1 amide bonds. The van der Waals surface area contributed by atoms with Gasteiger partial charge in [0.05, 0.1) is 12.7 Å². The van der Waals surface area contributed by atoms with Gasteiger partial charge in [0.2, 0.25) is 5.91 Å². The summed E-state index contributed by atoms with van der Waals surface area (Å²) in [6.07, 6.45) is -1.65. The monoisotopic (exact) mass is 407 g/mol. The molecule has 1 N–H and O–H groups in total. The van der Waals surface area contributed by atoms with Gasteiger partial charge in [0, 0.05) is 6.08 Å². The molecule has 2 aromatic rings. The number of nitrogens with one attached hydrogen (secondary N) is 1. The molecule has 0 aliphatic carbocycles. The SMILES string of the molecule is COc1ccc(C=CC(=O)NC(C)C(=O)OCc2cccc(C(F)(F)F)c2)cc1. The molecule has 0 aliphatic rings. The van der Waals surface area contributed by atoms with Crippen LogP contribution in [0.25, 0.3) is 6.08 Å². The first-order chi connectivity index (χ1) is 13.7. The van der Waals surface area contributed by atoms with E-state index >= 15 is 0 Å². The summed E-state index contributed by atoms with van der Waals surface area (Å²) in [7, 11) is 1.55. The van der Waals surface area contributed by atoms with E-state index in [4.69, 9.17) is 9.47 Å². The smallest absolute Gasteiger partial charge is 0.416 e. The lowest BCUT2D eigenvalue weighted by molar-refractivity contribution is -0.148. The second kappa shape index (κ2) is 9.77. The van der Waals surface area contributed by atoms with E-state index in [0.29, 0.717) is 5.75 Å². The molecule has 8 heteroatoms. The van der Waals surface area contributed by atoms with Crippen LogP contribution in [0, 0.1) is 0 Å². The number of amides is 1. The van der Waals surface area contributed by atoms with Gasteiger partial charge in [-0.15, -0.1) is 0 Å². The maximum atomic E-state index is 12.7. The van der Waals surface area contributed by atoms with Crippen molar-refractivity contribution >= 4 is 18.0 Å². The zero-order chi connectivity index (χ0) is 21.4. The van der Waals surface area contributed by atoms with Gasteiger partial charge in [-0.1, -0.05) is 24.3 Å². The summed E-state index contributed by atoms with van der Waals surface area (Å²) in [6, 6.07) is 10.5. The molecule has 0 aliphatic heterocycles. The van der Waals surface area contributed by atoms with Crippen LogP contribution in [0.5, 0.6) is 5.75 Å². The van der Waals surface area contributed by atoms with Crippen LogP contribution in [-0.2, 0) is 27.1 Å². The Labute approximate surface area is 166 Å². The number of carbonyl (C=O) groups is 2. The highest BCUT2D eigenvalue weighted by atomic mass is 19.4. The van der Waals surface area contributed by atoms with E-state index in [2.05, 4.69) is 5.32 Å². The van der Waals surface area contributed by atoms with E-state index < -0.39 is 29.7 Å². The Morgan fingerprint density at radius 2 is 1.83 bits per heavy atom. The summed E-state index contributed by atoms with van der Waals surface area (Å²) >= 11 is 0. The minimum Gasteiger partial charge on any atom is -0.497 e. The number of esters is 1. The lowest BCUT2D eigenvalue weighted by Gasteiger charge is -2.13. The molecule has 0 aromatic heterocycles. The third-order valence-electron chi connectivity index (χ3n) is 3.89. The summed E-state index contributed by atoms with van der Waals surface area (Å²) in [5, 5.41) is 2.44. The standard InChI is InChI=1S/C21H20F3NO4/c1-14(25-19(26)11-8-15-6-9-18(28-2)10-7-15)20(27)29-13-16-4-3-5-17(12-16)21(22,23)24/h3-12,14H,13H2,1-2H3,(H,25,26). The molecule has 0 spiro atoms. The third kappa shape index (κ3) is 6.99. The minimum atomic E-state index is -4.47. The Kier molecular flexibility index (Phi) is 7.41. The normalized spacial score (nSPS) is 12.4. The fourth-order valence-corrected chi connectivity index (χ4v) is 2.32. The predicted molar refractivity (Wildman–Crippen MR) is 101 cm³/mol. The summed E-state index contributed by atoms with van der Waals surface area (Å²) in [4.78, 5) is 23.9. The van der Waals surface area contributed by atoms with Crippen molar-refractivity contribution in [3.05, 3.63) is 71.3 Å². The molecule has 1 atom stereocenters. The van der Waals surface area contributed by atoms with Crippen molar-refractivity contribution < 1.29 is 32.2 Å². The van der Waals surface area contributed by atoms with Gasteiger partial charge in [-0.25, -0.2) is 4.79 Å². The van der Waals surface area contributed by atoms with Crippen LogP contribution in [-0.4, -0.2) is 25.0 Å². The van der Waals surface area contributed by atoms with E-state index in [1.165, 1.54) is 25.1 Å². The number of hydrogen-bond acceptors (Lipinski definition) is 4. The van der Waals surface area contributed by atoms with Gasteiger partial charge >= 0.3 is 12.1 Å². The van der Waals surface area contributed by atoms with Crippen molar-refractivity contribution in [2.24, 2.45) is 0 Å². The van der Waals surface area contributed by atoms with Gasteiger partial charge in [0.25, 0.3) is 0 Å². The Hall–Kier alpha value is -3.29. The lowest BCUT2D eigenvalue weighted by atomic mass is 10.1. The fourth-order valence-electron chi connectivity index (χ4n) is 2.32. The number of benzene rings is 2. The average molecular weight is 407 g/mol. The minimum absolute atomic E-state index is 0.200. The zero-order valence-electron chi connectivity index (χ0n) is 15.8. The Balaban J connectivity index is 1.85. The summed E-state index contributed by atoms with van der Waals surface area (Å²) in [5.74, 6) is -0.582. The molecule has 1 unspecified atom stereocenters. The summed E-state index contributed by atoms with van der Waals surface area (Å²) < 4.78 is 48.1. The van der Waals surface area contributed by atoms with E-state index in [-0.39, 0.29) is 12.2 Å². The van der Waals surface area contributed by atoms with Gasteiger partial charge in [0.1, 0.15) is 18.4 Å². The molecule has 0 bridgehead atoms. The number of rotatable bonds is 7. The molecule has 29 heavy (non-hydrogen) atoms. The van der Waals surface area contributed by atoms with Gasteiger partial charge in [0.15, 0.2) is 0 Å². The number of methoxy groups -OCH3 is 1. The van der Waals surface area contributed by atoms with Crippen molar-refractivity contribution in [1.29, 1.82) is 0 Å². The number of halogens is 3. The molecule has 2 rings (SSSR count). The van der Waals surface area contributed by atoms with E-state index in [1.807, 2.05) is 0 Å². The van der Waals surface area contributed by atoms with Crippen molar-refractivity contribution in [3.8, 4) is 5.75 Å². The quantitative estimate of drug-likeness (QED) is 0.557. The molecule has 0 heterocycles. The van der Waals surface area contributed by atoms with E-state index in [0.717, 1.165) is 17.7 Å². The zero-order valence-corrected chi connectivity index (χ0v) is 15.8. The fraction of sp³-hybridized carbons (Fsp3) is 0.238. The first-order valence-corrected chi connectivity index (χ1v) is 8.64. The van der Waals surface area contributed by atoms with Crippen molar-refractivity contribution in [2.45, 2.75) is 25.7 Å². The topological polar surface area (TPSA) is 64.6 Å². The summed E-state index contributed by atoms with van der Waals surface area (Å²) in [6.45, 7) is 1.10. The highest BCUT2D eigenvalue weighted by Gasteiger charge is 2.30. The first-order valence-electron chi connectivity index (χ1n) is 8.64. The number of alkyl halides is 3. The van der Waals surface area contributed by atoms with Crippen LogP contribution in [0.1, 0.15) is 23.6 Å². The lowest BCUT2D eigenvalue weighted by Crippen LogP contribution is -2.38. The average Bonchev–Trinajstić information content (AvgIpc) is 2.70. The predicted octanol–water partition coefficient (Wildman–Crippen LogP) is 3.98. The Morgan fingerprint density at radius 3 is 2.45 bits per heavy atom. The van der Waals surface area contributed by atoms with E-state index in [1.54, 1.807) is 37.5 Å². The number of hydrogen-bond donors (Lipinski definition) is 1. The molecule has 154 valence electrons. The summed E-state index contributed by atoms with van der Waals surface area (Å²) in [5.41, 5.74) is 0.142. The van der Waals surface area contributed by atoms with Gasteiger partial charge in [-0.2, -0.15) is 13.2 Å². The Bertz CT molecular complexity index is 876. The second-order valence-electron chi connectivity index (χ2n) is 6.14. The van der Waals surface area contributed by atoms with Crippen LogP contribution >= 0.6 is 0 Å². The van der Waals surface area contributed by atoms with E-state index in [9.17, 15) is 22.8 Å². The first kappa shape index (κ1) is 22.0. The molecule has 5 nitrogen and oxygen atoms in total. The molecule has 0 saturated carbocycles.